The number of fused-ring (bicyclic) bond motifs is 1. The van der Waals surface area contributed by atoms with Gasteiger partial charge in [-0.3, -0.25) is 28.8 Å². The molecule has 0 unspecified atom stereocenters. The predicted octanol–water partition coefficient (Wildman–Crippen LogP) is -1.95. The number of H-pyrrole nitrogens is 2. The molecule has 19 nitrogen and oxygen atoms in total. The number of imidazole rings is 1. The minimum absolute atomic E-state index is 0.0740. The molecular weight excluding hydrogens is 682 g/mol. The Bertz CT molecular complexity index is 1710. The Morgan fingerprint density at radius 1 is 0.827 bits per heavy atom. The van der Waals surface area contributed by atoms with Gasteiger partial charge in [0, 0.05) is 48.3 Å². The van der Waals surface area contributed by atoms with Crippen molar-refractivity contribution >= 4 is 52.4 Å². The standard InChI is InChI=1S/C33H45N9O10/c1-17(2)9-24(40-29(47)21(34)15-43)31(49)42-26(11-19-13-35-16-38-19)32(50)41-25(10-18-12-36-22-6-4-3-5-20(18)22)30(48)37-14-27(44)39-23(33(51)52)7-8-28(45)46/h3-6,12-13,16-17,21,23-26,36,43H,7-11,14-15,34H2,1-2H3,(H,35,38)(H,37,48)(H,39,44)(H,40,47)(H,41,50)(H,42,49)(H,45,46)(H,51,52)/t21-,23-,24-,25-,26-/m0/s1. The lowest BCUT2D eigenvalue weighted by atomic mass is 10.0. The van der Waals surface area contributed by atoms with Crippen LogP contribution >= 0.6 is 0 Å². The van der Waals surface area contributed by atoms with Crippen molar-refractivity contribution in [2.24, 2.45) is 11.7 Å². The van der Waals surface area contributed by atoms with E-state index in [1.54, 1.807) is 12.3 Å². The van der Waals surface area contributed by atoms with E-state index in [9.17, 15) is 43.8 Å². The quantitative estimate of drug-likeness (QED) is 0.0571. The summed E-state index contributed by atoms with van der Waals surface area (Å²) in [5.41, 5.74) is 7.48. The van der Waals surface area contributed by atoms with E-state index in [0.717, 1.165) is 10.9 Å². The summed E-state index contributed by atoms with van der Waals surface area (Å²) in [6.45, 7) is 2.29. The predicted molar refractivity (Wildman–Crippen MR) is 184 cm³/mol. The Kier molecular flexibility index (Phi) is 15.3. The maximum absolute atomic E-state index is 13.9. The van der Waals surface area contributed by atoms with E-state index >= 15 is 0 Å². The van der Waals surface area contributed by atoms with Gasteiger partial charge in [0.2, 0.25) is 29.5 Å². The number of hydrogen-bond donors (Lipinski definition) is 11. The highest BCUT2D eigenvalue weighted by Gasteiger charge is 2.32. The Morgan fingerprint density at radius 2 is 1.48 bits per heavy atom. The fourth-order valence-corrected chi connectivity index (χ4v) is 5.23. The lowest BCUT2D eigenvalue weighted by molar-refractivity contribution is -0.143. The highest BCUT2D eigenvalue weighted by atomic mass is 16.4. The first kappa shape index (κ1) is 40.6. The van der Waals surface area contributed by atoms with Gasteiger partial charge in [-0.1, -0.05) is 32.0 Å². The monoisotopic (exact) mass is 727 g/mol. The number of aromatic amines is 2. The number of para-hydroxylation sites is 1. The largest absolute Gasteiger partial charge is 0.481 e. The summed E-state index contributed by atoms with van der Waals surface area (Å²) in [5, 5.41) is 40.7. The van der Waals surface area contributed by atoms with Gasteiger partial charge < -0.3 is 57.6 Å². The van der Waals surface area contributed by atoms with Gasteiger partial charge >= 0.3 is 11.9 Å². The van der Waals surface area contributed by atoms with Gasteiger partial charge in [0.1, 0.15) is 30.2 Å². The molecule has 0 aliphatic carbocycles. The Morgan fingerprint density at radius 3 is 2.10 bits per heavy atom. The summed E-state index contributed by atoms with van der Waals surface area (Å²) in [6, 6.07) is 0.665. The zero-order valence-electron chi connectivity index (χ0n) is 28.7. The van der Waals surface area contributed by atoms with Crippen molar-refractivity contribution < 1.29 is 48.9 Å². The van der Waals surface area contributed by atoms with Crippen molar-refractivity contribution in [2.75, 3.05) is 13.2 Å². The molecule has 282 valence electrons. The maximum atomic E-state index is 13.9. The normalized spacial score (nSPS) is 14.0. The van der Waals surface area contributed by atoms with Crippen LogP contribution in [0, 0.1) is 5.92 Å². The zero-order chi connectivity index (χ0) is 38.4. The number of benzene rings is 1. The highest BCUT2D eigenvalue weighted by Crippen LogP contribution is 2.19. The maximum Gasteiger partial charge on any atom is 0.326 e. The number of carbonyl (C=O) groups excluding carboxylic acids is 5. The average molecular weight is 728 g/mol. The number of aliphatic hydroxyl groups is 1. The molecule has 1 aromatic carbocycles. The number of hydrogen-bond acceptors (Lipinski definition) is 10. The SMILES string of the molecule is CC(C)C[C@H](NC(=O)[C@@H](N)CO)C(=O)N[C@@H](Cc1cnc[nH]1)C(=O)N[C@@H](Cc1c[nH]c2ccccc12)C(=O)NCC(=O)N[C@@H](CCC(=O)O)C(=O)O. The number of aromatic nitrogens is 3. The number of aliphatic hydroxyl groups excluding tert-OH is 1. The highest BCUT2D eigenvalue weighted by molar-refractivity contribution is 5.96. The minimum atomic E-state index is -1.52. The van der Waals surface area contributed by atoms with Gasteiger partial charge in [-0.25, -0.2) is 9.78 Å². The van der Waals surface area contributed by atoms with Crippen LogP contribution in [0.4, 0.5) is 0 Å². The van der Waals surface area contributed by atoms with Crippen LogP contribution in [0.2, 0.25) is 0 Å². The first-order valence-corrected chi connectivity index (χ1v) is 16.5. The lowest BCUT2D eigenvalue weighted by Crippen LogP contribution is -2.59. The summed E-state index contributed by atoms with van der Waals surface area (Å²) >= 11 is 0. The second kappa shape index (κ2) is 19.5. The summed E-state index contributed by atoms with van der Waals surface area (Å²) in [7, 11) is 0. The van der Waals surface area contributed by atoms with E-state index in [2.05, 4.69) is 41.5 Å². The third kappa shape index (κ3) is 12.5. The molecule has 3 rings (SSSR count). The molecule has 0 spiro atoms. The molecule has 5 atom stereocenters. The number of carbonyl (C=O) groups is 7. The van der Waals surface area contributed by atoms with Gasteiger partial charge in [-0.2, -0.15) is 0 Å². The van der Waals surface area contributed by atoms with Gasteiger partial charge in [0.25, 0.3) is 0 Å². The second-order valence-electron chi connectivity index (χ2n) is 12.6. The number of nitrogens with two attached hydrogens (primary N) is 1. The van der Waals surface area contributed by atoms with Gasteiger partial charge in [0.05, 0.1) is 19.5 Å². The van der Waals surface area contributed by atoms with E-state index in [1.165, 1.54) is 12.5 Å². The van der Waals surface area contributed by atoms with Crippen LogP contribution in [0.5, 0.6) is 0 Å². The van der Waals surface area contributed by atoms with Crippen molar-refractivity contribution in [3.63, 3.8) is 0 Å². The smallest absolute Gasteiger partial charge is 0.326 e. The van der Waals surface area contributed by atoms with Crippen molar-refractivity contribution in [1.29, 1.82) is 0 Å². The van der Waals surface area contributed by atoms with Crippen molar-refractivity contribution in [3.8, 4) is 0 Å². The average Bonchev–Trinajstić information content (AvgIpc) is 3.77. The summed E-state index contributed by atoms with van der Waals surface area (Å²) in [6.07, 6.45) is 3.56. The number of rotatable bonds is 21. The van der Waals surface area contributed by atoms with Crippen molar-refractivity contribution in [1.82, 2.24) is 41.5 Å². The molecule has 52 heavy (non-hydrogen) atoms. The molecular formula is C33H45N9O10. The molecule has 0 saturated heterocycles. The van der Waals surface area contributed by atoms with E-state index in [4.69, 9.17) is 10.8 Å². The topological polar surface area (TPSA) is 311 Å². The summed E-state index contributed by atoms with van der Waals surface area (Å²) < 4.78 is 0. The van der Waals surface area contributed by atoms with E-state index < -0.39 is 91.3 Å². The molecule has 19 heteroatoms. The van der Waals surface area contributed by atoms with Crippen LogP contribution in [0.1, 0.15) is 44.4 Å². The van der Waals surface area contributed by atoms with Gasteiger partial charge in [-0.15, -0.1) is 0 Å². The van der Waals surface area contributed by atoms with Gasteiger partial charge in [0.15, 0.2) is 0 Å². The summed E-state index contributed by atoms with van der Waals surface area (Å²) in [5.74, 6) is -6.81. The Balaban J connectivity index is 1.85. The first-order chi connectivity index (χ1) is 24.7. The molecule has 3 aromatic rings. The zero-order valence-corrected chi connectivity index (χ0v) is 28.7. The van der Waals surface area contributed by atoms with Crippen LogP contribution < -0.4 is 32.3 Å². The first-order valence-electron chi connectivity index (χ1n) is 16.5. The summed E-state index contributed by atoms with van der Waals surface area (Å²) in [4.78, 5) is 98.5. The van der Waals surface area contributed by atoms with Crippen LogP contribution in [0.25, 0.3) is 10.9 Å². The van der Waals surface area contributed by atoms with Crippen LogP contribution in [-0.2, 0) is 46.4 Å². The van der Waals surface area contributed by atoms with Crippen LogP contribution in [0.3, 0.4) is 0 Å². The number of aliphatic carboxylic acids is 2. The molecule has 2 aromatic heterocycles. The fraction of sp³-hybridized carbons (Fsp3) is 0.455. The molecule has 0 fully saturated rings. The minimum Gasteiger partial charge on any atom is -0.481 e. The Labute approximate surface area is 297 Å². The molecule has 0 aliphatic heterocycles. The molecule has 0 saturated carbocycles. The number of carboxylic acid groups (broad SMARTS) is 2. The molecule has 0 bridgehead atoms. The number of amides is 5. The fourth-order valence-electron chi connectivity index (χ4n) is 5.23. The van der Waals surface area contributed by atoms with E-state index in [0.29, 0.717) is 11.3 Å². The number of carboxylic acids is 2. The van der Waals surface area contributed by atoms with Gasteiger partial charge in [-0.05, 0) is 30.4 Å². The third-order valence-electron chi connectivity index (χ3n) is 7.92. The lowest BCUT2D eigenvalue weighted by Gasteiger charge is -2.26. The third-order valence-corrected chi connectivity index (χ3v) is 7.92. The van der Waals surface area contributed by atoms with Crippen molar-refractivity contribution in [3.05, 3.63) is 54.2 Å². The van der Waals surface area contributed by atoms with Crippen LogP contribution in [-0.4, -0.2) is 115 Å². The Hall–Kier alpha value is -5.82. The van der Waals surface area contributed by atoms with E-state index in [1.807, 2.05) is 32.0 Å². The molecule has 0 radical (unpaired) electrons. The molecule has 2 heterocycles. The van der Waals surface area contributed by atoms with Crippen LogP contribution in [0.15, 0.2) is 43.0 Å². The number of nitrogens with one attached hydrogen (secondary N) is 7. The van der Waals surface area contributed by atoms with E-state index in [-0.39, 0.29) is 31.6 Å². The number of nitrogens with zero attached hydrogens (tertiary/aromatic N) is 1. The molecule has 12 N–H and O–H groups in total. The second-order valence-corrected chi connectivity index (χ2v) is 12.6. The van der Waals surface area contributed by atoms with Crippen molar-refractivity contribution in [2.45, 2.75) is 76.2 Å². The molecule has 5 amide bonds. The molecule has 0 aliphatic rings.